The minimum Gasteiger partial charge on any atom is -0.378 e. The third-order valence-electron chi connectivity index (χ3n) is 4.76. The highest BCUT2D eigenvalue weighted by molar-refractivity contribution is 5.85. The van der Waals surface area contributed by atoms with Crippen LogP contribution in [0, 0.1) is 0 Å². The predicted octanol–water partition coefficient (Wildman–Crippen LogP) is 2.80. The summed E-state index contributed by atoms with van der Waals surface area (Å²) < 4.78 is 5.44. The zero-order valence-electron chi connectivity index (χ0n) is 15.9. The first-order valence-corrected chi connectivity index (χ1v) is 9.16. The largest absolute Gasteiger partial charge is 0.378 e. The Balaban J connectivity index is 1.78. The molecule has 1 saturated heterocycles. The number of nitrogen functional groups attached to an aromatic ring is 1. The van der Waals surface area contributed by atoms with Crippen molar-refractivity contribution in [1.82, 2.24) is 19.9 Å². The molecule has 7 nitrogen and oxygen atoms in total. The first kappa shape index (κ1) is 17.6. The van der Waals surface area contributed by atoms with Gasteiger partial charge in [0.25, 0.3) is 0 Å². The average molecular weight is 364 g/mol. The molecule has 2 aromatic heterocycles. The van der Waals surface area contributed by atoms with E-state index in [1.165, 1.54) is 5.56 Å². The summed E-state index contributed by atoms with van der Waals surface area (Å²) in [5, 5.41) is 0. The monoisotopic (exact) mass is 364 g/mol. The molecule has 140 valence electrons. The Labute approximate surface area is 158 Å². The van der Waals surface area contributed by atoms with Crippen LogP contribution in [-0.4, -0.2) is 46.2 Å². The summed E-state index contributed by atoms with van der Waals surface area (Å²) in [6, 6.07) is 8.46. The molecule has 0 radical (unpaired) electrons. The molecule has 1 aliphatic rings. The Morgan fingerprint density at radius 3 is 2.37 bits per heavy atom. The second-order valence-corrected chi connectivity index (χ2v) is 7.76. The van der Waals surface area contributed by atoms with Crippen LogP contribution in [0.4, 0.5) is 11.8 Å². The van der Waals surface area contributed by atoms with Crippen LogP contribution in [0.25, 0.3) is 22.4 Å². The summed E-state index contributed by atoms with van der Waals surface area (Å²) in [6.45, 7) is 9.42. The molecule has 0 aliphatic carbocycles. The molecule has 3 heterocycles. The first-order chi connectivity index (χ1) is 12.9. The maximum Gasteiger partial charge on any atom is 0.224 e. The molecule has 2 N–H and O–H groups in total. The van der Waals surface area contributed by atoms with Crippen molar-refractivity contribution in [2.24, 2.45) is 0 Å². The third-order valence-corrected chi connectivity index (χ3v) is 4.76. The van der Waals surface area contributed by atoms with Crippen LogP contribution in [-0.2, 0) is 10.2 Å². The van der Waals surface area contributed by atoms with Gasteiger partial charge in [-0.1, -0.05) is 45.0 Å². The lowest BCUT2D eigenvalue weighted by atomic mass is 9.86. The highest BCUT2D eigenvalue weighted by Crippen LogP contribution is 2.28. The Morgan fingerprint density at radius 1 is 1.00 bits per heavy atom. The minimum absolute atomic E-state index is 0.114. The number of hydrogen-bond donors (Lipinski definition) is 1. The zero-order chi connectivity index (χ0) is 19.0. The number of anilines is 2. The predicted molar refractivity (Wildman–Crippen MR) is 107 cm³/mol. The van der Waals surface area contributed by atoms with E-state index >= 15 is 0 Å². The molecule has 0 saturated carbocycles. The number of hydrogen-bond acceptors (Lipinski definition) is 7. The van der Waals surface area contributed by atoms with Crippen molar-refractivity contribution in [3.05, 3.63) is 36.0 Å². The molecule has 4 rings (SSSR count). The number of nitrogens with zero attached hydrogens (tertiary/aromatic N) is 5. The SMILES string of the molecule is CC(C)(C)c1ccc(-c2cnc3nc(N)nc(N4CCOCC4)c3n2)cc1. The van der Waals surface area contributed by atoms with Crippen molar-refractivity contribution < 1.29 is 4.74 Å². The number of aromatic nitrogens is 4. The van der Waals surface area contributed by atoms with Gasteiger partial charge < -0.3 is 15.4 Å². The van der Waals surface area contributed by atoms with Crippen LogP contribution < -0.4 is 10.6 Å². The molecule has 0 atom stereocenters. The molecule has 0 bridgehead atoms. The van der Waals surface area contributed by atoms with E-state index in [2.05, 4.69) is 64.9 Å². The normalized spacial score (nSPS) is 15.3. The summed E-state index contributed by atoms with van der Waals surface area (Å²) in [4.78, 5) is 20.1. The van der Waals surface area contributed by atoms with Crippen LogP contribution in [0.2, 0.25) is 0 Å². The second kappa shape index (κ2) is 6.74. The van der Waals surface area contributed by atoms with E-state index in [9.17, 15) is 0 Å². The standard InChI is InChI=1S/C20H24N6O/c1-20(2,3)14-6-4-13(5-7-14)15-12-22-17-16(23-15)18(25-19(21)24-17)26-8-10-27-11-9-26/h4-7,12H,8-11H2,1-3H3,(H2,21,22,24,25). The van der Waals surface area contributed by atoms with E-state index in [0.717, 1.165) is 30.2 Å². The van der Waals surface area contributed by atoms with Crippen LogP contribution in [0.5, 0.6) is 0 Å². The number of rotatable bonds is 2. The van der Waals surface area contributed by atoms with Gasteiger partial charge in [0.1, 0.15) is 0 Å². The van der Waals surface area contributed by atoms with Gasteiger partial charge in [0.15, 0.2) is 17.0 Å². The van der Waals surface area contributed by atoms with E-state index in [1.54, 1.807) is 6.20 Å². The maximum absolute atomic E-state index is 5.89. The maximum atomic E-state index is 5.89. The van der Waals surface area contributed by atoms with Crippen molar-refractivity contribution >= 4 is 22.9 Å². The van der Waals surface area contributed by atoms with Crippen LogP contribution in [0.15, 0.2) is 30.5 Å². The molecule has 1 fully saturated rings. The summed E-state index contributed by atoms with van der Waals surface area (Å²) in [7, 11) is 0. The molecule has 0 unspecified atom stereocenters. The molecule has 1 aliphatic heterocycles. The van der Waals surface area contributed by atoms with Gasteiger partial charge in [-0.2, -0.15) is 9.97 Å². The van der Waals surface area contributed by atoms with Gasteiger partial charge in [0.2, 0.25) is 5.95 Å². The van der Waals surface area contributed by atoms with E-state index in [-0.39, 0.29) is 11.4 Å². The molecular formula is C20H24N6O. The Morgan fingerprint density at radius 2 is 1.70 bits per heavy atom. The van der Waals surface area contributed by atoms with Gasteiger partial charge >= 0.3 is 0 Å². The minimum atomic E-state index is 0.114. The lowest BCUT2D eigenvalue weighted by molar-refractivity contribution is 0.122. The summed E-state index contributed by atoms with van der Waals surface area (Å²) in [6.07, 6.45) is 1.74. The fourth-order valence-corrected chi connectivity index (χ4v) is 3.19. The Bertz CT molecular complexity index is 959. The zero-order valence-corrected chi connectivity index (χ0v) is 15.9. The van der Waals surface area contributed by atoms with E-state index in [4.69, 9.17) is 15.5 Å². The number of fused-ring (bicyclic) bond motifs is 1. The van der Waals surface area contributed by atoms with E-state index < -0.39 is 0 Å². The summed E-state index contributed by atoms with van der Waals surface area (Å²) >= 11 is 0. The number of morpholine rings is 1. The molecule has 1 aromatic carbocycles. The first-order valence-electron chi connectivity index (χ1n) is 9.16. The Kier molecular flexibility index (Phi) is 4.39. The summed E-state index contributed by atoms with van der Waals surface area (Å²) in [5.41, 5.74) is 10.3. The molecule has 0 amide bonds. The smallest absolute Gasteiger partial charge is 0.224 e. The molecule has 27 heavy (non-hydrogen) atoms. The van der Waals surface area contributed by atoms with E-state index in [0.29, 0.717) is 24.4 Å². The lowest BCUT2D eigenvalue weighted by Crippen LogP contribution is -2.37. The average Bonchev–Trinajstić information content (AvgIpc) is 2.67. The van der Waals surface area contributed by atoms with Gasteiger partial charge in [-0.3, -0.25) is 0 Å². The van der Waals surface area contributed by atoms with Crippen LogP contribution in [0.3, 0.4) is 0 Å². The third kappa shape index (κ3) is 3.55. The molecule has 3 aromatic rings. The van der Waals surface area contributed by atoms with Gasteiger partial charge in [0, 0.05) is 18.7 Å². The van der Waals surface area contributed by atoms with Crippen molar-refractivity contribution in [3.63, 3.8) is 0 Å². The lowest BCUT2D eigenvalue weighted by Gasteiger charge is -2.28. The number of ether oxygens (including phenoxy) is 1. The van der Waals surface area contributed by atoms with E-state index in [1.807, 2.05) is 0 Å². The van der Waals surface area contributed by atoms with Gasteiger partial charge in [0.05, 0.1) is 25.1 Å². The molecule has 0 spiro atoms. The highest BCUT2D eigenvalue weighted by atomic mass is 16.5. The van der Waals surface area contributed by atoms with Gasteiger partial charge in [-0.25, -0.2) is 9.97 Å². The highest BCUT2D eigenvalue weighted by Gasteiger charge is 2.19. The van der Waals surface area contributed by atoms with Gasteiger partial charge in [-0.15, -0.1) is 0 Å². The van der Waals surface area contributed by atoms with Crippen molar-refractivity contribution in [3.8, 4) is 11.3 Å². The van der Waals surface area contributed by atoms with Crippen molar-refractivity contribution in [1.29, 1.82) is 0 Å². The van der Waals surface area contributed by atoms with Crippen molar-refractivity contribution in [2.45, 2.75) is 26.2 Å². The second-order valence-electron chi connectivity index (χ2n) is 7.76. The quantitative estimate of drug-likeness (QED) is 0.748. The van der Waals surface area contributed by atoms with Gasteiger partial charge in [-0.05, 0) is 11.0 Å². The molecular weight excluding hydrogens is 340 g/mol. The molecule has 7 heteroatoms. The topological polar surface area (TPSA) is 90.0 Å². The fraction of sp³-hybridized carbons (Fsp3) is 0.400. The number of benzene rings is 1. The van der Waals surface area contributed by atoms with Crippen molar-refractivity contribution in [2.75, 3.05) is 36.9 Å². The Hall–Kier alpha value is -2.80. The van der Waals surface area contributed by atoms with Crippen LogP contribution in [0.1, 0.15) is 26.3 Å². The fourth-order valence-electron chi connectivity index (χ4n) is 3.19. The number of nitrogens with two attached hydrogens (primary N) is 1. The van der Waals surface area contributed by atoms with Crippen LogP contribution >= 0.6 is 0 Å². The summed E-state index contributed by atoms with van der Waals surface area (Å²) in [5.74, 6) is 0.932.